The summed E-state index contributed by atoms with van der Waals surface area (Å²) < 4.78 is 44.2. The summed E-state index contributed by atoms with van der Waals surface area (Å²) in [5, 5.41) is 14.1. The Morgan fingerprint density at radius 2 is 1.92 bits per heavy atom. The van der Waals surface area contributed by atoms with Gasteiger partial charge in [-0.3, -0.25) is 4.79 Å². The Labute approximate surface area is 139 Å². The van der Waals surface area contributed by atoms with Gasteiger partial charge in [0.2, 0.25) is 5.88 Å². The van der Waals surface area contributed by atoms with Gasteiger partial charge in [0.15, 0.2) is 0 Å². The molecule has 6 nitrogen and oxygen atoms in total. The number of alkyl halides is 3. The van der Waals surface area contributed by atoms with E-state index in [1.807, 2.05) is 6.07 Å². The summed E-state index contributed by atoms with van der Waals surface area (Å²) in [5.74, 6) is -0.244. The van der Waals surface area contributed by atoms with Crippen molar-refractivity contribution in [1.82, 2.24) is 14.6 Å². The van der Waals surface area contributed by atoms with Gasteiger partial charge in [-0.2, -0.15) is 22.8 Å². The highest BCUT2D eigenvalue weighted by Gasteiger charge is 2.32. The van der Waals surface area contributed by atoms with Gasteiger partial charge < -0.3 is 14.8 Å². The average molecular weight is 353 g/mol. The van der Waals surface area contributed by atoms with Crippen molar-refractivity contribution >= 4 is 5.65 Å². The third kappa shape index (κ3) is 3.44. The molecule has 0 unspecified atom stereocenters. The molecule has 0 saturated heterocycles. The predicted molar refractivity (Wildman–Crippen MR) is 82.7 cm³/mol. The Balaban J connectivity index is 2.01. The number of aromatic hydroxyl groups is 1. The van der Waals surface area contributed by atoms with E-state index in [0.717, 1.165) is 4.52 Å². The molecule has 0 spiro atoms. The van der Waals surface area contributed by atoms with Crippen LogP contribution in [0, 0.1) is 6.92 Å². The first-order valence-electron chi connectivity index (χ1n) is 7.33. The zero-order valence-electron chi connectivity index (χ0n) is 13.1. The maximum absolute atomic E-state index is 12.6. The number of benzene rings is 1. The summed E-state index contributed by atoms with van der Waals surface area (Å²) in [4.78, 5) is 14.3. The summed E-state index contributed by atoms with van der Waals surface area (Å²) in [5.41, 5.74) is -0.802. The van der Waals surface area contributed by atoms with E-state index in [2.05, 4.69) is 10.1 Å². The molecule has 0 saturated carbocycles. The van der Waals surface area contributed by atoms with Crippen LogP contribution < -0.4 is 10.3 Å². The number of nitrogens with zero attached hydrogens (tertiary/aromatic N) is 2. The molecule has 1 aromatic carbocycles. The molecule has 132 valence electrons. The van der Waals surface area contributed by atoms with Crippen molar-refractivity contribution in [3.63, 3.8) is 0 Å². The van der Waals surface area contributed by atoms with E-state index >= 15 is 0 Å². The second-order valence-electron chi connectivity index (χ2n) is 5.47. The Kier molecular flexibility index (Phi) is 4.15. The number of hydrogen-bond donors (Lipinski definition) is 2. The Morgan fingerprint density at radius 3 is 2.56 bits per heavy atom. The van der Waals surface area contributed by atoms with Crippen LogP contribution in [0.1, 0.15) is 16.8 Å². The van der Waals surface area contributed by atoms with E-state index in [1.54, 1.807) is 31.2 Å². The fraction of sp³-hybridized carbons (Fsp3) is 0.250. The molecule has 0 aliphatic carbocycles. The van der Waals surface area contributed by atoms with Gasteiger partial charge in [0.05, 0.1) is 23.2 Å². The number of ether oxygens (including phenoxy) is 1. The van der Waals surface area contributed by atoms with Gasteiger partial charge in [-0.1, -0.05) is 18.2 Å². The van der Waals surface area contributed by atoms with Crippen LogP contribution in [0.3, 0.4) is 0 Å². The third-order valence-electron chi connectivity index (χ3n) is 3.66. The molecule has 0 atom stereocenters. The molecule has 25 heavy (non-hydrogen) atoms. The average Bonchev–Trinajstić information content (AvgIpc) is 2.85. The second-order valence-corrected chi connectivity index (χ2v) is 5.47. The lowest BCUT2D eigenvalue weighted by molar-refractivity contribution is -0.127. The largest absolute Gasteiger partial charge is 0.493 e. The molecule has 2 N–H and O–H groups in total. The predicted octanol–water partition coefficient (Wildman–Crippen LogP) is 2.72. The zero-order chi connectivity index (χ0) is 18.2. The Morgan fingerprint density at radius 1 is 1.24 bits per heavy atom. The van der Waals surface area contributed by atoms with Gasteiger partial charge >= 0.3 is 6.18 Å². The summed E-state index contributed by atoms with van der Waals surface area (Å²) >= 11 is 0. The van der Waals surface area contributed by atoms with Gasteiger partial charge in [-0.05, 0) is 19.1 Å². The van der Waals surface area contributed by atoms with Gasteiger partial charge in [0.25, 0.3) is 5.56 Å². The molecule has 0 radical (unpaired) electrons. The highest BCUT2D eigenvalue weighted by molar-refractivity contribution is 5.52. The molecule has 2 heterocycles. The first kappa shape index (κ1) is 16.9. The van der Waals surface area contributed by atoms with Crippen LogP contribution in [0.25, 0.3) is 5.65 Å². The lowest BCUT2D eigenvalue weighted by Crippen LogP contribution is -2.22. The second kappa shape index (κ2) is 6.15. The van der Waals surface area contributed by atoms with Crippen molar-refractivity contribution in [1.29, 1.82) is 0 Å². The molecule has 0 amide bonds. The number of rotatable bonds is 4. The molecular formula is C16H14F3N3O3. The highest BCUT2D eigenvalue weighted by atomic mass is 19.4. The summed E-state index contributed by atoms with van der Waals surface area (Å²) in [6.07, 6.45) is -6.17. The van der Waals surface area contributed by atoms with Crippen molar-refractivity contribution in [3.05, 3.63) is 57.5 Å². The number of aromatic nitrogens is 3. The van der Waals surface area contributed by atoms with Crippen molar-refractivity contribution in [2.45, 2.75) is 26.1 Å². The third-order valence-corrected chi connectivity index (χ3v) is 3.66. The molecule has 9 heteroatoms. The van der Waals surface area contributed by atoms with E-state index in [9.17, 15) is 23.1 Å². The first-order valence-corrected chi connectivity index (χ1v) is 7.33. The van der Waals surface area contributed by atoms with Crippen molar-refractivity contribution in [2.24, 2.45) is 0 Å². The number of para-hydroxylation sites is 1. The van der Waals surface area contributed by atoms with E-state index in [-0.39, 0.29) is 12.3 Å². The smallest absolute Gasteiger partial charge is 0.393 e. The van der Waals surface area contributed by atoms with Crippen LogP contribution in [-0.4, -0.2) is 25.9 Å². The normalized spacial score (nSPS) is 11.8. The van der Waals surface area contributed by atoms with Gasteiger partial charge in [-0.25, -0.2) is 0 Å². The molecule has 3 aromatic rings. The summed E-state index contributed by atoms with van der Waals surface area (Å²) in [6.45, 7) is 1.64. The van der Waals surface area contributed by atoms with Crippen LogP contribution in [-0.2, 0) is 13.0 Å². The van der Waals surface area contributed by atoms with Crippen LogP contribution in [0.2, 0.25) is 0 Å². The molecule has 3 rings (SSSR count). The van der Waals surface area contributed by atoms with Crippen LogP contribution in [0.4, 0.5) is 13.2 Å². The number of aryl methyl sites for hydroxylation is 1. The zero-order valence-corrected chi connectivity index (χ0v) is 13.1. The highest BCUT2D eigenvalue weighted by Crippen LogP contribution is 2.26. The number of nitrogens with one attached hydrogen (secondary N) is 1. The number of halogens is 3. The van der Waals surface area contributed by atoms with Gasteiger partial charge in [0, 0.05) is 0 Å². The number of aromatic amines is 1. The molecule has 0 aliphatic heterocycles. The summed E-state index contributed by atoms with van der Waals surface area (Å²) in [6, 6.07) is 8.88. The van der Waals surface area contributed by atoms with Crippen molar-refractivity contribution in [2.75, 3.05) is 0 Å². The lowest BCUT2D eigenvalue weighted by atomic mass is 10.2. The number of hydrogen-bond acceptors (Lipinski definition) is 4. The van der Waals surface area contributed by atoms with E-state index in [4.69, 9.17) is 4.74 Å². The van der Waals surface area contributed by atoms with Gasteiger partial charge in [-0.15, -0.1) is 0 Å². The Bertz CT molecular complexity index is 962. The van der Waals surface area contributed by atoms with E-state index in [0.29, 0.717) is 17.0 Å². The van der Waals surface area contributed by atoms with Crippen LogP contribution in [0.15, 0.2) is 35.1 Å². The lowest BCUT2D eigenvalue weighted by Gasteiger charge is -2.09. The molecule has 2 aromatic heterocycles. The van der Waals surface area contributed by atoms with Gasteiger partial charge in [0.1, 0.15) is 18.0 Å². The fourth-order valence-corrected chi connectivity index (χ4v) is 2.46. The first-order chi connectivity index (χ1) is 11.8. The van der Waals surface area contributed by atoms with E-state index in [1.165, 1.54) is 0 Å². The quantitative estimate of drug-likeness (QED) is 0.756. The maximum Gasteiger partial charge on any atom is 0.393 e. The molecule has 0 bridgehead atoms. The molecular weight excluding hydrogens is 339 g/mol. The van der Waals surface area contributed by atoms with Crippen molar-refractivity contribution in [3.8, 4) is 11.6 Å². The fourth-order valence-electron chi connectivity index (χ4n) is 2.46. The minimum Gasteiger partial charge on any atom is -0.493 e. The number of fused-ring (bicyclic) bond motifs is 1. The van der Waals surface area contributed by atoms with Crippen LogP contribution >= 0.6 is 0 Å². The topological polar surface area (TPSA) is 79.6 Å². The Hall–Kier alpha value is -2.97. The summed E-state index contributed by atoms with van der Waals surface area (Å²) in [7, 11) is 0. The van der Waals surface area contributed by atoms with Crippen molar-refractivity contribution < 1.29 is 23.0 Å². The maximum atomic E-state index is 12.6. The SMILES string of the molecule is Cc1nn2c(O)c(CC(F)(F)F)c(=O)[nH]c2c1COc1ccccc1. The minimum absolute atomic E-state index is 0.0351. The molecule has 0 aliphatic rings. The monoisotopic (exact) mass is 353 g/mol. The minimum atomic E-state index is -4.63. The van der Waals surface area contributed by atoms with E-state index < -0.39 is 29.6 Å². The number of H-pyrrole nitrogens is 1. The molecule has 0 fully saturated rings. The van der Waals surface area contributed by atoms with Crippen LogP contribution in [0.5, 0.6) is 11.6 Å². The standard InChI is InChI=1S/C16H14F3N3O3/c1-9-12(8-25-10-5-3-2-4-6-10)13-20-14(23)11(7-16(17,18)19)15(24)22(13)21-9/h2-6,24H,7-8H2,1H3,(H,20,23).